The summed E-state index contributed by atoms with van der Waals surface area (Å²) in [5.41, 5.74) is -0.400. The third-order valence-electron chi connectivity index (χ3n) is 3.16. The minimum absolute atomic E-state index is 0.313. The maximum atomic E-state index is 12.8. The first-order valence-electron chi connectivity index (χ1n) is 7.25. The molecule has 2 rings (SSSR count). The quantitative estimate of drug-likeness (QED) is 0.812. The molecule has 0 spiro atoms. The van der Waals surface area contributed by atoms with E-state index in [2.05, 4.69) is 4.98 Å². The highest BCUT2D eigenvalue weighted by Crippen LogP contribution is 2.15. The van der Waals surface area contributed by atoms with Crippen LogP contribution in [-0.4, -0.2) is 19.9 Å². The summed E-state index contributed by atoms with van der Waals surface area (Å²) in [5.74, 6) is 0.750. The van der Waals surface area contributed by atoms with Crippen molar-refractivity contribution in [3.8, 4) is 0 Å². The molecule has 2 aromatic rings. The average molecular weight is 319 g/mol. The van der Waals surface area contributed by atoms with Crippen LogP contribution < -0.4 is 11.4 Å². The highest BCUT2D eigenvalue weighted by Gasteiger charge is 2.22. The molecule has 0 amide bonds. The standard InChI is InChI=1S/C16H21N3O2S/c1-5-22-14-17-13(20)19(16(2,3)4)15(21)18(14)11-12-9-7-6-8-10-12/h6-10H,5,11H2,1-4H3. The number of nitrogens with zero attached hydrogens (tertiary/aromatic N) is 3. The van der Waals surface area contributed by atoms with Crippen molar-refractivity contribution in [3.63, 3.8) is 0 Å². The largest absolute Gasteiger partial charge is 0.354 e. The Balaban J connectivity index is 2.64. The Labute approximate surface area is 134 Å². The van der Waals surface area contributed by atoms with Crippen molar-refractivity contribution in [1.29, 1.82) is 0 Å². The van der Waals surface area contributed by atoms with Gasteiger partial charge in [-0.25, -0.2) is 14.2 Å². The van der Waals surface area contributed by atoms with Gasteiger partial charge in [-0.1, -0.05) is 49.0 Å². The van der Waals surface area contributed by atoms with Gasteiger partial charge in [0.2, 0.25) is 0 Å². The molecule has 5 nitrogen and oxygen atoms in total. The van der Waals surface area contributed by atoms with Crippen molar-refractivity contribution >= 4 is 11.8 Å². The van der Waals surface area contributed by atoms with Gasteiger partial charge in [0.15, 0.2) is 5.16 Å². The van der Waals surface area contributed by atoms with Gasteiger partial charge in [0.1, 0.15) is 0 Å². The molecule has 1 aromatic heterocycles. The Hall–Kier alpha value is -1.82. The van der Waals surface area contributed by atoms with E-state index in [4.69, 9.17) is 0 Å². The van der Waals surface area contributed by atoms with Gasteiger partial charge >= 0.3 is 11.4 Å². The average Bonchev–Trinajstić information content (AvgIpc) is 2.43. The summed E-state index contributed by atoms with van der Waals surface area (Å²) in [6, 6.07) is 9.71. The number of benzene rings is 1. The van der Waals surface area contributed by atoms with Gasteiger partial charge in [-0.15, -0.1) is 0 Å². The first-order chi connectivity index (χ1) is 10.3. The lowest BCUT2D eigenvalue weighted by Crippen LogP contribution is -2.49. The van der Waals surface area contributed by atoms with E-state index in [1.807, 2.05) is 58.0 Å². The number of aromatic nitrogens is 3. The van der Waals surface area contributed by atoms with Gasteiger partial charge < -0.3 is 0 Å². The van der Waals surface area contributed by atoms with E-state index >= 15 is 0 Å². The molecule has 0 N–H and O–H groups in total. The summed E-state index contributed by atoms with van der Waals surface area (Å²) in [4.78, 5) is 29.1. The lowest BCUT2D eigenvalue weighted by Gasteiger charge is -2.22. The zero-order valence-electron chi connectivity index (χ0n) is 13.4. The molecule has 1 aromatic carbocycles. The zero-order valence-corrected chi connectivity index (χ0v) is 14.2. The van der Waals surface area contributed by atoms with E-state index < -0.39 is 11.2 Å². The van der Waals surface area contributed by atoms with Gasteiger partial charge in [-0.05, 0) is 32.1 Å². The van der Waals surface area contributed by atoms with E-state index in [-0.39, 0.29) is 5.69 Å². The van der Waals surface area contributed by atoms with Crippen LogP contribution >= 0.6 is 11.8 Å². The molecule has 1 heterocycles. The predicted molar refractivity (Wildman–Crippen MR) is 89.7 cm³/mol. The third-order valence-corrected chi connectivity index (χ3v) is 4.02. The summed E-state index contributed by atoms with van der Waals surface area (Å²) in [5, 5.41) is 0.474. The second-order valence-electron chi connectivity index (χ2n) is 5.97. The maximum absolute atomic E-state index is 12.8. The second kappa shape index (κ2) is 6.52. The normalized spacial score (nSPS) is 11.6. The molecule has 0 fully saturated rings. The topological polar surface area (TPSA) is 56.9 Å². The van der Waals surface area contributed by atoms with E-state index in [9.17, 15) is 9.59 Å². The molecule has 118 valence electrons. The predicted octanol–water partition coefficient (Wildman–Crippen LogP) is 2.32. The van der Waals surface area contributed by atoms with E-state index in [0.717, 1.165) is 11.3 Å². The molecular formula is C16H21N3O2S. The Bertz CT molecular complexity index is 758. The Morgan fingerprint density at radius 3 is 2.32 bits per heavy atom. The Kier molecular flexibility index (Phi) is 4.90. The summed E-state index contributed by atoms with van der Waals surface area (Å²) in [6.45, 7) is 7.87. The van der Waals surface area contributed by atoms with Crippen LogP contribution in [0.4, 0.5) is 0 Å². The van der Waals surface area contributed by atoms with Gasteiger partial charge in [-0.3, -0.25) is 4.57 Å². The van der Waals surface area contributed by atoms with E-state index in [1.165, 1.54) is 16.3 Å². The van der Waals surface area contributed by atoms with E-state index in [1.54, 1.807) is 4.57 Å². The van der Waals surface area contributed by atoms with Gasteiger partial charge in [0.05, 0.1) is 6.54 Å². The zero-order chi connectivity index (χ0) is 16.3. The van der Waals surface area contributed by atoms with Crippen molar-refractivity contribution in [3.05, 3.63) is 56.9 Å². The molecule has 0 saturated heterocycles. The lowest BCUT2D eigenvalue weighted by atomic mass is 10.1. The van der Waals surface area contributed by atoms with Gasteiger partial charge in [-0.2, -0.15) is 4.98 Å². The van der Waals surface area contributed by atoms with Crippen molar-refractivity contribution in [2.75, 3.05) is 5.75 Å². The van der Waals surface area contributed by atoms with Crippen LogP contribution in [0.25, 0.3) is 0 Å². The fourth-order valence-electron chi connectivity index (χ4n) is 2.19. The van der Waals surface area contributed by atoms with Crippen LogP contribution in [0, 0.1) is 0 Å². The molecule has 0 saturated carbocycles. The van der Waals surface area contributed by atoms with Crippen molar-refractivity contribution in [2.45, 2.75) is 44.9 Å². The van der Waals surface area contributed by atoms with Gasteiger partial charge in [0.25, 0.3) is 0 Å². The molecule has 0 aliphatic carbocycles. The number of hydrogen-bond acceptors (Lipinski definition) is 4. The monoisotopic (exact) mass is 319 g/mol. The number of rotatable bonds is 4. The minimum atomic E-state index is -0.602. The molecule has 0 aliphatic rings. The summed E-state index contributed by atoms with van der Waals surface area (Å²) < 4.78 is 2.80. The van der Waals surface area contributed by atoms with Crippen LogP contribution in [0.1, 0.15) is 33.3 Å². The first kappa shape index (κ1) is 16.5. The SMILES string of the molecule is CCSc1nc(=O)n(C(C)(C)C)c(=O)n1Cc1ccccc1. The third kappa shape index (κ3) is 3.50. The maximum Gasteiger partial charge on any atom is 0.354 e. The molecule has 0 bridgehead atoms. The van der Waals surface area contributed by atoms with Crippen LogP contribution in [-0.2, 0) is 12.1 Å². The summed E-state index contributed by atoms with van der Waals surface area (Å²) in [6.07, 6.45) is 0. The molecule has 6 heteroatoms. The molecule has 0 atom stereocenters. The second-order valence-corrected chi connectivity index (χ2v) is 7.20. The van der Waals surface area contributed by atoms with E-state index in [0.29, 0.717) is 11.7 Å². The van der Waals surface area contributed by atoms with Crippen LogP contribution in [0.3, 0.4) is 0 Å². The van der Waals surface area contributed by atoms with Crippen LogP contribution in [0.2, 0.25) is 0 Å². The highest BCUT2D eigenvalue weighted by molar-refractivity contribution is 7.99. The summed E-state index contributed by atoms with van der Waals surface area (Å²) in [7, 11) is 0. The fraction of sp³-hybridized carbons (Fsp3) is 0.438. The fourth-order valence-corrected chi connectivity index (χ4v) is 2.89. The minimum Gasteiger partial charge on any atom is -0.268 e. The Morgan fingerprint density at radius 1 is 1.14 bits per heavy atom. The van der Waals surface area contributed by atoms with Crippen molar-refractivity contribution in [1.82, 2.24) is 14.1 Å². The Morgan fingerprint density at radius 2 is 1.77 bits per heavy atom. The summed E-state index contributed by atoms with van der Waals surface area (Å²) >= 11 is 1.41. The molecule has 0 radical (unpaired) electrons. The van der Waals surface area contributed by atoms with Crippen LogP contribution in [0.5, 0.6) is 0 Å². The molecule has 0 aliphatic heterocycles. The van der Waals surface area contributed by atoms with Crippen LogP contribution in [0.15, 0.2) is 45.1 Å². The number of hydrogen-bond donors (Lipinski definition) is 0. The van der Waals surface area contributed by atoms with Crippen molar-refractivity contribution in [2.24, 2.45) is 0 Å². The number of thioether (sulfide) groups is 1. The van der Waals surface area contributed by atoms with Gasteiger partial charge in [0, 0.05) is 5.54 Å². The highest BCUT2D eigenvalue weighted by atomic mass is 32.2. The molecule has 0 unspecified atom stereocenters. The van der Waals surface area contributed by atoms with Crippen molar-refractivity contribution < 1.29 is 0 Å². The smallest absolute Gasteiger partial charge is 0.268 e. The molecule has 22 heavy (non-hydrogen) atoms. The first-order valence-corrected chi connectivity index (χ1v) is 8.24. The lowest BCUT2D eigenvalue weighted by molar-refractivity contribution is 0.336. The molecular weight excluding hydrogens is 298 g/mol.